The molecule has 1 aliphatic rings. The summed E-state index contributed by atoms with van der Waals surface area (Å²) < 4.78 is 18.1. The molecule has 1 aromatic carbocycles. The largest absolute Gasteiger partial charge is 0.436 e. The van der Waals surface area contributed by atoms with E-state index in [0.717, 1.165) is 0 Å². The lowest BCUT2D eigenvalue weighted by Gasteiger charge is -2.06. The van der Waals surface area contributed by atoms with Gasteiger partial charge in [-0.25, -0.2) is 4.39 Å². The molecule has 0 aromatic heterocycles. The Bertz CT molecular complexity index is 380. The van der Waals surface area contributed by atoms with Crippen LogP contribution in [0.15, 0.2) is 34.5 Å². The maximum Gasteiger partial charge on any atom is 0.304 e. The molecular formula is C8H5FN2OS. The Kier molecular flexibility index (Phi) is 2.02. The second kappa shape index (κ2) is 3.18. The van der Waals surface area contributed by atoms with Gasteiger partial charge in [0.05, 0.1) is 5.56 Å². The van der Waals surface area contributed by atoms with Crippen molar-refractivity contribution in [2.75, 3.05) is 0 Å². The van der Waals surface area contributed by atoms with Gasteiger partial charge in [-0.2, -0.15) is 0 Å². The molecule has 1 atom stereocenters. The Morgan fingerprint density at radius 3 is 2.77 bits per heavy atom. The van der Waals surface area contributed by atoms with Crippen molar-refractivity contribution in [3.8, 4) is 0 Å². The summed E-state index contributed by atoms with van der Waals surface area (Å²) >= 11 is 4.63. The first-order chi connectivity index (χ1) is 6.27. The monoisotopic (exact) mass is 196 g/mol. The normalized spacial score (nSPS) is 20.4. The molecule has 2 rings (SSSR count). The topological polar surface area (TPSA) is 34.0 Å². The smallest absolute Gasteiger partial charge is 0.304 e. The van der Waals surface area contributed by atoms with Crippen LogP contribution in [-0.2, 0) is 4.74 Å². The highest BCUT2D eigenvalue weighted by molar-refractivity contribution is 7.80. The quantitative estimate of drug-likeness (QED) is 0.647. The maximum absolute atomic E-state index is 13.1. The molecule has 0 saturated heterocycles. The van der Waals surface area contributed by atoms with Crippen LogP contribution in [0, 0.1) is 5.82 Å². The lowest BCUT2D eigenvalue weighted by molar-refractivity contribution is 0.221. The fraction of sp³-hybridized carbons (Fsp3) is 0.125. The lowest BCUT2D eigenvalue weighted by atomic mass is 10.2. The van der Waals surface area contributed by atoms with Gasteiger partial charge in [0, 0.05) is 0 Å². The third kappa shape index (κ3) is 1.55. The summed E-state index contributed by atoms with van der Waals surface area (Å²) in [7, 11) is 0. The van der Waals surface area contributed by atoms with E-state index in [2.05, 4.69) is 22.4 Å². The molecule has 1 aromatic rings. The zero-order valence-electron chi connectivity index (χ0n) is 6.48. The minimum absolute atomic E-state index is 0.0493. The highest BCUT2D eigenvalue weighted by Crippen LogP contribution is 2.26. The van der Waals surface area contributed by atoms with Crippen LogP contribution in [0.1, 0.15) is 11.8 Å². The van der Waals surface area contributed by atoms with E-state index in [1.54, 1.807) is 18.2 Å². The van der Waals surface area contributed by atoms with Crippen LogP contribution in [0.4, 0.5) is 4.39 Å². The van der Waals surface area contributed by atoms with Crippen LogP contribution in [0.3, 0.4) is 0 Å². The van der Waals surface area contributed by atoms with Crippen molar-refractivity contribution in [2.45, 2.75) is 6.23 Å². The van der Waals surface area contributed by atoms with Crippen molar-refractivity contribution in [3.63, 3.8) is 0 Å². The number of hydrogen-bond donors (Lipinski definition) is 0. The van der Waals surface area contributed by atoms with Gasteiger partial charge in [0.1, 0.15) is 5.82 Å². The Morgan fingerprint density at radius 2 is 2.15 bits per heavy atom. The van der Waals surface area contributed by atoms with E-state index in [9.17, 15) is 4.39 Å². The molecule has 0 radical (unpaired) electrons. The molecule has 1 unspecified atom stereocenters. The van der Waals surface area contributed by atoms with E-state index in [0.29, 0.717) is 5.56 Å². The summed E-state index contributed by atoms with van der Waals surface area (Å²) in [4.78, 5) is 0. The van der Waals surface area contributed by atoms with Gasteiger partial charge < -0.3 is 4.74 Å². The summed E-state index contributed by atoms with van der Waals surface area (Å²) in [5, 5.41) is 7.22. The first kappa shape index (κ1) is 8.25. The summed E-state index contributed by atoms with van der Waals surface area (Å²) in [5.41, 5.74) is 0.353. The van der Waals surface area contributed by atoms with E-state index >= 15 is 0 Å². The number of rotatable bonds is 1. The van der Waals surface area contributed by atoms with Crippen LogP contribution >= 0.6 is 12.2 Å². The van der Waals surface area contributed by atoms with Crippen LogP contribution in [-0.4, -0.2) is 5.17 Å². The van der Waals surface area contributed by atoms with E-state index in [1.165, 1.54) is 6.07 Å². The second-order valence-electron chi connectivity index (χ2n) is 2.47. The molecule has 0 N–H and O–H groups in total. The van der Waals surface area contributed by atoms with E-state index in [1.807, 2.05) is 0 Å². The van der Waals surface area contributed by atoms with Crippen molar-refractivity contribution >= 4 is 17.4 Å². The molecule has 0 spiro atoms. The Morgan fingerprint density at radius 1 is 1.38 bits per heavy atom. The molecule has 0 fully saturated rings. The minimum Gasteiger partial charge on any atom is -0.436 e. The minimum atomic E-state index is -0.714. The summed E-state index contributed by atoms with van der Waals surface area (Å²) in [6.07, 6.45) is -0.714. The average Bonchev–Trinajstić information content (AvgIpc) is 2.53. The SMILES string of the molecule is Fc1ccccc1C1N=NC(=S)O1. The number of hydrogen-bond acceptors (Lipinski definition) is 3. The van der Waals surface area contributed by atoms with Gasteiger partial charge >= 0.3 is 5.17 Å². The third-order valence-corrected chi connectivity index (χ3v) is 1.81. The predicted octanol–water partition coefficient (Wildman–Crippen LogP) is 2.59. The second-order valence-corrected chi connectivity index (χ2v) is 2.82. The number of benzene rings is 1. The Balaban J connectivity index is 2.32. The molecule has 0 saturated carbocycles. The number of ether oxygens (including phenoxy) is 1. The van der Waals surface area contributed by atoms with Crippen molar-refractivity contribution in [1.82, 2.24) is 0 Å². The summed E-state index contributed by atoms with van der Waals surface area (Å²) in [6.45, 7) is 0. The summed E-state index contributed by atoms with van der Waals surface area (Å²) in [5.74, 6) is -0.365. The van der Waals surface area contributed by atoms with Gasteiger partial charge in [-0.15, -0.1) is 10.2 Å². The molecular weight excluding hydrogens is 191 g/mol. The van der Waals surface area contributed by atoms with Gasteiger partial charge in [0.15, 0.2) is 0 Å². The van der Waals surface area contributed by atoms with Gasteiger partial charge in [0.25, 0.3) is 0 Å². The van der Waals surface area contributed by atoms with Crippen LogP contribution in [0.5, 0.6) is 0 Å². The summed E-state index contributed by atoms with van der Waals surface area (Å²) in [6, 6.07) is 6.24. The van der Waals surface area contributed by atoms with Gasteiger partial charge in [0.2, 0.25) is 6.23 Å². The van der Waals surface area contributed by atoms with Gasteiger partial charge in [-0.1, -0.05) is 18.2 Å². The predicted molar refractivity (Wildman–Crippen MR) is 47.7 cm³/mol. The fourth-order valence-electron chi connectivity index (χ4n) is 1.04. The maximum atomic E-state index is 13.1. The fourth-order valence-corrected chi connectivity index (χ4v) is 1.18. The zero-order valence-corrected chi connectivity index (χ0v) is 7.29. The zero-order chi connectivity index (χ0) is 9.26. The van der Waals surface area contributed by atoms with E-state index < -0.39 is 6.23 Å². The third-order valence-electron chi connectivity index (χ3n) is 1.63. The molecule has 13 heavy (non-hydrogen) atoms. The number of nitrogens with zero attached hydrogens (tertiary/aromatic N) is 2. The molecule has 3 nitrogen and oxygen atoms in total. The van der Waals surface area contributed by atoms with Gasteiger partial charge in [-0.3, -0.25) is 0 Å². The van der Waals surface area contributed by atoms with E-state index in [-0.39, 0.29) is 11.0 Å². The number of azo groups is 1. The highest BCUT2D eigenvalue weighted by atomic mass is 32.1. The molecule has 0 amide bonds. The molecule has 0 bridgehead atoms. The average molecular weight is 196 g/mol. The van der Waals surface area contributed by atoms with Crippen molar-refractivity contribution in [2.24, 2.45) is 10.2 Å². The molecule has 5 heteroatoms. The highest BCUT2D eigenvalue weighted by Gasteiger charge is 2.21. The first-order valence-corrected chi connectivity index (χ1v) is 4.04. The molecule has 0 aliphatic carbocycles. The first-order valence-electron chi connectivity index (χ1n) is 3.63. The number of halogens is 1. The van der Waals surface area contributed by atoms with Crippen LogP contribution in [0.25, 0.3) is 0 Å². The van der Waals surface area contributed by atoms with Crippen LogP contribution < -0.4 is 0 Å². The van der Waals surface area contributed by atoms with Gasteiger partial charge in [-0.05, 0) is 18.3 Å². The molecule has 66 valence electrons. The standard InChI is InChI=1S/C8H5FN2OS/c9-6-4-2-1-3-5(6)7-10-11-8(13)12-7/h1-4,7H. The molecule has 1 heterocycles. The lowest BCUT2D eigenvalue weighted by Crippen LogP contribution is -2.00. The van der Waals surface area contributed by atoms with E-state index in [4.69, 9.17) is 4.74 Å². The van der Waals surface area contributed by atoms with Crippen molar-refractivity contribution in [3.05, 3.63) is 35.6 Å². The van der Waals surface area contributed by atoms with Crippen molar-refractivity contribution < 1.29 is 9.13 Å². The number of thiocarbonyl (C=S) groups is 1. The molecule has 1 aliphatic heterocycles. The Labute approximate surface area is 79.2 Å². The van der Waals surface area contributed by atoms with Crippen molar-refractivity contribution in [1.29, 1.82) is 0 Å². The Hall–Kier alpha value is -1.36. The van der Waals surface area contributed by atoms with Crippen LogP contribution in [0.2, 0.25) is 0 Å².